The lowest BCUT2D eigenvalue weighted by molar-refractivity contribution is 0.258. The Balaban J connectivity index is 2.41. The van der Waals surface area contributed by atoms with E-state index < -0.39 is 0 Å². The molecule has 2 N–H and O–H groups in total. The number of anilines is 1. The number of hydrogen-bond acceptors (Lipinski definition) is 4. The molecule has 0 aliphatic carbocycles. The molecule has 0 amide bonds. The fraction of sp³-hybridized carbons (Fsp3) is 0.600. The molecule has 0 radical (unpaired) electrons. The van der Waals surface area contributed by atoms with Crippen molar-refractivity contribution in [2.75, 3.05) is 18.5 Å². The summed E-state index contributed by atoms with van der Waals surface area (Å²) in [5.74, 6) is 1.30. The summed E-state index contributed by atoms with van der Waals surface area (Å²) in [6.45, 7) is 3.20. The third kappa shape index (κ3) is 4.57. The molecule has 4 nitrogen and oxygen atoms in total. The normalized spacial score (nSPS) is 12.5. The number of nitrogens with one attached hydrogen (secondary N) is 1. The first kappa shape index (κ1) is 12.4. The van der Waals surface area contributed by atoms with Crippen LogP contribution in [-0.2, 0) is 0 Å². The van der Waals surface area contributed by atoms with Gasteiger partial charge >= 0.3 is 0 Å². The molecular formula is C10H16BrN3O. The van der Waals surface area contributed by atoms with Crippen molar-refractivity contribution in [3.63, 3.8) is 0 Å². The maximum Gasteiger partial charge on any atom is 0.130 e. The van der Waals surface area contributed by atoms with E-state index in [0.29, 0.717) is 5.92 Å². The largest absolute Gasteiger partial charge is 0.396 e. The number of nitrogens with zero attached hydrogens (tertiary/aromatic N) is 2. The first-order chi connectivity index (χ1) is 7.26. The van der Waals surface area contributed by atoms with E-state index in [4.69, 9.17) is 5.11 Å². The second-order valence-corrected chi connectivity index (χ2v) is 4.21. The SMILES string of the molecule is CCC(CCO)CNc1cc(Br)ncn1. The van der Waals surface area contributed by atoms with Crippen LogP contribution in [0.2, 0.25) is 0 Å². The van der Waals surface area contributed by atoms with Crippen molar-refractivity contribution in [3.05, 3.63) is 17.0 Å². The Hall–Kier alpha value is -0.680. The molecule has 1 aromatic rings. The molecule has 0 fully saturated rings. The summed E-state index contributed by atoms with van der Waals surface area (Å²) in [5, 5.41) is 12.1. The van der Waals surface area contributed by atoms with E-state index in [1.165, 1.54) is 6.33 Å². The van der Waals surface area contributed by atoms with Gasteiger partial charge in [0.15, 0.2) is 0 Å². The highest BCUT2D eigenvalue weighted by Crippen LogP contribution is 2.12. The van der Waals surface area contributed by atoms with Gasteiger partial charge in [0.2, 0.25) is 0 Å². The molecule has 15 heavy (non-hydrogen) atoms. The summed E-state index contributed by atoms with van der Waals surface area (Å²) in [4.78, 5) is 8.04. The van der Waals surface area contributed by atoms with E-state index in [9.17, 15) is 0 Å². The van der Waals surface area contributed by atoms with Gasteiger partial charge in [-0.15, -0.1) is 0 Å². The highest BCUT2D eigenvalue weighted by atomic mass is 79.9. The molecule has 0 aliphatic rings. The van der Waals surface area contributed by atoms with E-state index in [2.05, 4.69) is 38.1 Å². The Bertz CT molecular complexity index is 296. The minimum absolute atomic E-state index is 0.244. The molecule has 0 spiro atoms. The predicted octanol–water partition coefficient (Wildman–Crippen LogP) is 2.06. The first-order valence-corrected chi connectivity index (χ1v) is 5.87. The fourth-order valence-electron chi connectivity index (χ4n) is 1.31. The summed E-state index contributed by atoms with van der Waals surface area (Å²) >= 11 is 3.29. The third-order valence-corrected chi connectivity index (χ3v) is 2.75. The molecule has 1 rings (SSSR count). The molecule has 5 heteroatoms. The molecule has 1 heterocycles. The smallest absolute Gasteiger partial charge is 0.130 e. The van der Waals surface area contributed by atoms with E-state index >= 15 is 0 Å². The lowest BCUT2D eigenvalue weighted by Crippen LogP contribution is -2.15. The zero-order valence-corrected chi connectivity index (χ0v) is 10.4. The van der Waals surface area contributed by atoms with Crippen molar-refractivity contribution < 1.29 is 5.11 Å². The number of hydrogen-bond donors (Lipinski definition) is 2. The van der Waals surface area contributed by atoms with Gasteiger partial charge in [0.05, 0.1) is 0 Å². The van der Waals surface area contributed by atoms with Gasteiger partial charge in [-0.2, -0.15) is 0 Å². The summed E-state index contributed by atoms with van der Waals surface area (Å²) in [7, 11) is 0. The van der Waals surface area contributed by atoms with Crippen molar-refractivity contribution in [3.8, 4) is 0 Å². The van der Waals surface area contributed by atoms with Crippen LogP contribution in [0.5, 0.6) is 0 Å². The molecule has 0 saturated heterocycles. The van der Waals surface area contributed by atoms with Gasteiger partial charge in [-0.25, -0.2) is 9.97 Å². The van der Waals surface area contributed by atoms with Crippen LogP contribution in [0.25, 0.3) is 0 Å². The van der Waals surface area contributed by atoms with Gasteiger partial charge in [-0.1, -0.05) is 13.3 Å². The van der Waals surface area contributed by atoms with Crippen LogP contribution in [0.15, 0.2) is 17.0 Å². The van der Waals surface area contributed by atoms with Gasteiger partial charge in [0, 0.05) is 19.2 Å². The Morgan fingerprint density at radius 3 is 2.93 bits per heavy atom. The fourth-order valence-corrected chi connectivity index (χ4v) is 1.62. The Labute approximate surface area is 98.3 Å². The van der Waals surface area contributed by atoms with E-state index in [-0.39, 0.29) is 6.61 Å². The van der Waals surface area contributed by atoms with Gasteiger partial charge < -0.3 is 10.4 Å². The second-order valence-electron chi connectivity index (χ2n) is 3.39. The van der Waals surface area contributed by atoms with Gasteiger partial charge in [-0.05, 0) is 28.3 Å². The third-order valence-electron chi connectivity index (χ3n) is 2.32. The van der Waals surface area contributed by atoms with E-state index in [1.807, 2.05) is 6.07 Å². The van der Waals surface area contributed by atoms with Crippen LogP contribution in [0.1, 0.15) is 19.8 Å². The lowest BCUT2D eigenvalue weighted by atomic mass is 10.0. The summed E-state index contributed by atoms with van der Waals surface area (Å²) in [5.41, 5.74) is 0. The number of halogens is 1. The average molecular weight is 274 g/mol. The standard InChI is InChI=1S/C10H16BrN3O/c1-2-8(3-4-15)6-12-10-5-9(11)13-7-14-10/h5,7-8,15H,2-4,6H2,1H3,(H,12,13,14). The molecule has 0 saturated carbocycles. The monoisotopic (exact) mass is 273 g/mol. The topological polar surface area (TPSA) is 58.0 Å². The zero-order chi connectivity index (χ0) is 11.1. The minimum atomic E-state index is 0.244. The summed E-state index contributed by atoms with van der Waals surface area (Å²) < 4.78 is 0.773. The number of rotatable bonds is 6. The van der Waals surface area contributed by atoms with Crippen LogP contribution >= 0.6 is 15.9 Å². The van der Waals surface area contributed by atoms with Crippen molar-refractivity contribution >= 4 is 21.7 Å². The molecule has 1 atom stereocenters. The van der Waals surface area contributed by atoms with Gasteiger partial charge in [0.25, 0.3) is 0 Å². The van der Waals surface area contributed by atoms with Crippen molar-refractivity contribution in [2.24, 2.45) is 5.92 Å². The predicted molar refractivity (Wildman–Crippen MR) is 63.7 cm³/mol. The van der Waals surface area contributed by atoms with Crippen molar-refractivity contribution in [1.29, 1.82) is 0 Å². The van der Waals surface area contributed by atoms with E-state index in [0.717, 1.165) is 29.8 Å². The Morgan fingerprint density at radius 2 is 2.33 bits per heavy atom. The van der Waals surface area contributed by atoms with Crippen molar-refractivity contribution in [1.82, 2.24) is 9.97 Å². The van der Waals surface area contributed by atoms with Gasteiger partial charge in [0.1, 0.15) is 16.7 Å². The molecule has 0 bridgehead atoms. The maximum atomic E-state index is 8.85. The zero-order valence-electron chi connectivity index (χ0n) is 8.78. The highest BCUT2D eigenvalue weighted by molar-refractivity contribution is 9.10. The van der Waals surface area contributed by atoms with Crippen molar-refractivity contribution in [2.45, 2.75) is 19.8 Å². The average Bonchev–Trinajstić information content (AvgIpc) is 2.24. The first-order valence-electron chi connectivity index (χ1n) is 5.08. The second kappa shape index (κ2) is 6.74. The number of aromatic nitrogens is 2. The van der Waals surface area contributed by atoms with Crippen LogP contribution in [-0.4, -0.2) is 28.2 Å². The highest BCUT2D eigenvalue weighted by Gasteiger charge is 2.05. The Morgan fingerprint density at radius 1 is 1.53 bits per heavy atom. The minimum Gasteiger partial charge on any atom is -0.396 e. The molecule has 1 unspecified atom stereocenters. The molecule has 1 aromatic heterocycles. The van der Waals surface area contributed by atoms with Gasteiger partial charge in [-0.3, -0.25) is 0 Å². The quantitative estimate of drug-likeness (QED) is 0.779. The maximum absolute atomic E-state index is 8.85. The summed E-state index contributed by atoms with van der Waals surface area (Å²) in [6, 6.07) is 1.84. The summed E-state index contributed by atoms with van der Waals surface area (Å²) in [6.07, 6.45) is 3.40. The molecule has 0 aromatic carbocycles. The molecular weight excluding hydrogens is 258 g/mol. The van der Waals surface area contributed by atoms with Crippen LogP contribution in [0.3, 0.4) is 0 Å². The van der Waals surface area contributed by atoms with Crippen LogP contribution < -0.4 is 5.32 Å². The molecule has 84 valence electrons. The molecule has 0 aliphatic heterocycles. The lowest BCUT2D eigenvalue weighted by Gasteiger charge is -2.14. The van der Waals surface area contributed by atoms with Crippen LogP contribution in [0.4, 0.5) is 5.82 Å². The Kier molecular flexibility index (Phi) is 5.57. The van der Waals surface area contributed by atoms with E-state index in [1.54, 1.807) is 0 Å². The number of aliphatic hydroxyl groups is 1. The number of aliphatic hydroxyl groups excluding tert-OH is 1. The van der Waals surface area contributed by atoms with Crippen LogP contribution in [0, 0.1) is 5.92 Å².